The molecule has 0 bridgehead atoms. The number of benzene rings is 2. The third-order valence-electron chi connectivity index (χ3n) is 3.00. The lowest BCUT2D eigenvalue weighted by atomic mass is 10.0. The zero-order valence-electron chi connectivity index (χ0n) is 10.9. The van der Waals surface area contributed by atoms with Crippen LogP contribution in [0.25, 0.3) is 22.2 Å². The average Bonchev–Trinajstić information content (AvgIpc) is 2.46. The van der Waals surface area contributed by atoms with Gasteiger partial charge < -0.3 is 5.32 Å². The van der Waals surface area contributed by atoms with Crippen molar-refractivity contribution in [2.24, 2.45) is 0 Å². The van der Waals surface area contributed by atoms with Gasteiger partial charge in [-0.25, -0.2) is 4.98 Å². The Kier molecular flexibility index (Phi) is 2.83. The number of aromatic nitrogens is 3. The summed E-state index contributed by atoms with van der Waals surface area (Å²) in [5.41, 5.74) is 1.03. The fourth-order valence-corrected chi connectivity index (χ4v) is 2.13. The fourth-order valence-electron chi connectivity index (χ4n) is 2.13. The van der Waals surface area contributed by atoms with Gasteiger partial charge in [0.2, 0.25) is 5.95 Å². The maximum absolute atomic E-state index is 4.44. The predicted molar refractivity (Wildman–Crippen MR) is 77.1 cm³/mol. The highest BCUT2D eigenvalue weighted by molar-refractivity contribution is 5.95. The molecule has 0 saturated heterocycles. The molecule has 4 nitrogen and oxygen atoms in total. The summed E-state index contributed by atoms with van der Waals surface area (Å²) < 4.78 is 0. The summed E-state index contributed by atoms with van der Waals surface area (Å²) in [4.78, 5) is 13.1. The normalized spacial score (nSPS) is 10.6. The molecule has 3 rings (SSSR count). The Bertz CT molecular complexity index is 732. The van der Waals surface area contributed by atoms with Gasteiger partial charge in [0.05, 0.1) is 0 Å². The van der Waals surface area contributed by atoms with Crippen LogP contribution in [0.2, 0.25) is 0 Å². The Balaban J connectivity index is 2.27. The summed E-state index contributed by atoms with van der Waals surface area (Å²) in [6.07, 6.45) is 0. The van der Waals surface area contributed by atoms with E-state index in [1.165, 1.54) is 5.39 Å². The topological polar surface area (TPSA) is 50.7 Å². The smallest absolute Gasteiger partial charge is 0.226 e. The van der Waals surface area contributed by atoms with E-state index in [1.54, 1.807) is 0 Å². The molecule has 0 unspecified atom stereocenters. The van der Waals surface area contributed by atoms with Crippen molar-refractivity contribution < 1.29 is 0 Å². The molecule has 0 spiro atoms. The molecule has 19 heavy (non-hydrogen) atoms. The van der Waals surface area contributed by atoms with Crippen LogP contribution < -0.4 is 5.32 Å². The molecule has 1 aromatic heterocycles. The second-order valence-electron chi connectivity index (χ2n) is 4.31. The minimum absolute atomic E-state index is 0.593. The van der Waals surface area contributed by atoms with E-state index in [0.717, 1.165) is 10.9 Å². The van der Waals surface area contributed by atoms with E-state index in [0.29, 0.717) is 17.6 Å². The van der Waals surface area contributed by atoms with Crippen LogP contribution >= 0.6 is 0 Å². The maximum Gasteiger partial charge on any atom is 0.226 e. The van der Waals surface area contributed by atoms with Gasteiger partial charge >= 0.3 is 0 Å². The monoisotopic (exact) mass is 250 g/mol. The molecule has 0 aliphatic carbocycles. The minimum atomic E-state index is 0.593. The first-order valence-electron chi connectivity index (χ1n) is 6.16. The third-order valence-corrected chi connectivity index (χ3v) is 3.00. The number of nitrogens with zero attached hydrogens (tertiary/aromatic N) is 3. The minimum Gasteiger partial charge on any atom is -0.357 e. The van der Waals surface area contributed by atoms with Crippen molar-refractivity contribution in [2.45, 2.75) is 6.92 Å². The predicted octanol–water partition coefficient (Wildman–Crippen LogP) is 3.04. The first kappa shape index (κ1) is 11.6. The van der Waals surface area contributed by atoms with Gasteiger partial charge in [0.1, 0.15) is 5.82 Å². The van der Waals surface area contributed by atoms with Gasteiger partial charge in [0.25, 0.3) is 0 Å². The van der Waals surface area contributed by atoms with Crippen LogP contribution in [0.4, 0.5) is 5.95 Å². The Morgan fingerprint density at radius 2 is 1.68 bits per heavy atom. The van der Waals surface area contributed by atoms with Crippen molar-refractivity contribution in [1.82, 2.24) is 15.0 Å². The summed E-state index contributed by atoms with van der Waals surface area (Å²) >= 11 is 0. The highest BCUT2D eigenvalue weighted by atomic mass is 15.1. The molecule has 0 aliphatic rings. The molecule has 1 N–H and O–H groups in total. The Morgan fingerprint density at radius 3 is 2.53 bits per heavy atom. The summed E-state index contributed by atoms with van der Waals surface area (Å²) in [5, 5.41) is 5.30. The SMILES string of the molecule is CNc1nc(C)nc(-c2cccc3ccccc23)n1. The molecule has 0 amide bonds. The van der Waals surface area contributed by atoms with Crippen molar-refractivity contribution in [1.29, 1.82) is 0 Å². The summed E-state index contributed by atoms with van der Waals surface area (Å²) in [6.45, 7) is 1.87. The van der Waals surface area contributed by atoms with E-state index < -0.39 is 0 Å². The number of nitrogens with one attached hydrogen (secondary N) is 1. The lowest BCUT2D eigenvalue weighted by Gasteiger charge is -2.07. The number of fused-ring (bicyclic) bond motifs is 1. The molecule has 0 atom stereocenters. The van der Waals surface area contributed by atoms with E-state index in [2.05, 4.69) is 38.5 Å². The fraction of sp³-hybridized carbons (Fsp3) is 0.133. The number of anilines is 1. The van der Waals surface area contributed by atoms with Crippen molar-refractivity contribution in [2.75, 3.05) is 12.4 Å². The zero-order valence-corrected chi connectivity index (χ0v) is 10.9. The van der Waals surface area contributed by atoms with E-state index in [4.69, 9.17) is 0 Å². The first-order valence-corrected chi connectivity index (χ1v) is 6.16. The Labute approximate surface area is 111 Å². The van der Waals surface area contributed by atoms with Crippen LogP contribution in [0.5, 0.6) is 0 Å². The largest absolute Gasteiger partial charge is 0.357 e. The highest BCUT2D eigenvalue weighted by Gasteiger charge is 2.08. The van der Waals surface area contributed by atoms with Crippen LogP contribution in [-0.4, -0.2) is 22.0 Å². The van der Waals surface area contributed by atoms with E-state index >= 15 is 0 Å². The van der Waals surface area contributed by atoms with Crippen LogP contribution in [0, 0.1) is 6.92 Å². The lowest BCUT2D eigenvalue weighted by Crippen LogP contribution is -2.02. The number of hydrogen-bond donors (Lipinski definition) is 1. The van der Waals surface area contributed by atoms with Crippen LogP contribution in [0.15, 0.2) is 42.5 Å². The second-order valence-corrected chi connectivity index (χ2v) is 4.31. The van der Waals surface area contributed by atoms with Crippen molar-refractivity contribution in [3.05, 3.63) is 48.3 Å². The van der Waals surface area contributed by atoms with Crippen LogP contribution in [0.3, 0.4) is 0 Å². The molecular formula is C15H14N4. The number of aryl methyl sites for hydroxylation is 1. The van der Waals surface area contributed by atoms with Gasteiger partial charge in [-0.05, 0) is 17.7 Å². The molecule has 3 aromatic rings. The van der Waals surface area contributed by atoms with Gasteiger partial charge in [-0.15, -0.1) is 0 Å². The summed E-state index contributed by atoms with van der Waals surface area (Å²) in [5.74, 6) is 2.01. The molecular weight excluding hydrogens is 236 g/mol. The van der Waals surface area contributed by atoms with Gasteiger partial charge in [0, 0.05) is 12.6 Å². The van der Waals surface area contributed by atoms with E-state index in [1.807, 2.05) is 38.2 Å². The first-order chi connectivity index (χ1) is 9.28. The molecule has 0 radical (unpaired) electrons. The van der Waals surface area contributed by atoms with Gasteiger partial charge in [-0.1, -0.05) is 42.5 Å². The van der Waals surface area contributed by atoms with Crippen LogP contribution in [-0.2, 0) is 0 Å². The summed E-state index contributed by atoms with van der Waals surface area (Å²) in [6, 6.07) is 14.4. The molecule has 94 valence electrons. The zero-order chi connectivity index (χ0) is 13.2. The molecule has 4 heteroatoms. The van der Waals surface area contributed by atoms with Gasteiger partial charge in [0.15, 0.2) is 5.82 Å². The molecule has 0 aliphatic heterocycles. The van der Waals surface area contributed by atoms with Crippen molar-refractivity contribution in [3.8, 4) is 11.4 Å². The van der Waals surface area contributed by atoms with E-state index in [-0.39, 0.29) is 0 Å². The summed E-state index contributed by atoms with van der Waals surface area (Å²) in [7, 11) is 1.81. The quantitative estimate of drug-likeness (QED) is 0.759. The molecule has 1 heterocycles. The number of rotatable bonds is 2. The standard InChI is InChI=1S/C15H14N4/c1-10-17-14(19-15(16-2)18-10)13-9-5-7-11-6-3-4-8-12(11)13/h3-9H,1-2H3,(H,16,17,18,19). The Morgan fingerprint density at radius 1 is 0.895 bits per heavy atom. The molecule has 0 saturated carbocycles. The van der Waals surface area contributed by atoms with Crippen LogP contribution in [0.1, 0.15) is 5.82 Å². The van der Waals surface area contributed by atoms with Gasteiger partial charge in [-0.2, -0.15) is 9.97 Å². The third kappa shape index (κ3) is 2.12. The van der Waals surface area contributed by atoms with Gasteiger partial charge in [-0.3, -0.25) is 0 Å². The number of hydrogen-bond acceptors (Lipinski definition) is 4. The highest BCUT2D eigenvalue weighted by Crippen LogP contribution is 2.26. The maximum atomic E-state index is 4.44. The van der Waals surface area contributed by atoms with Crippen molar-refractivity contribution >= 4 is 16.7 Å². The Hall–Kier alpha value is -2.49. The molecule has 2 aromatic carbocycles. The lowest BCUT2D eigenvalue weighted by molar-refractivity contribution is 0.987. The van der Waals surface area contributed by atoms with E-state index in [9.17, 15) is 0 Å². The average molecular weight is 250 g/mol. The second kappa shape index (κ2) is 4.65. The van der Waals surface area contributed by atoms with Crippen molar-refractivity contribution in [3.63, 3.8) is 0 Å². The molecule has 0 fully saturated rings.